The maximum absolute atomic E-state index is 12.4. The number of aromatic nitrogens is 3. The highest BCUT2D eigenvalue weighted by molar-refractivity contribution is 5.87. The number of carbonyl (C=O) groups is 1. The van der Waals surface area contributed by atoms with Crippen molar-refractivity contribution in [3.63, 3.8) is 0 Å². The molecule has 0 unspecified atom stereocenters. The zero-order chi connectivity index (χ0) is 17.9. The molecule has 1 amide bonds. The Kier molecular flexibility index (Phi) is 4.65. The van der Waals surface area contributed by atoms with Crippen molar-refractivity contribution < 1.29 is 9.53 Å². The normalized spacial score (nSPS) is 16.4. The molecule has 0 saturated carbocycles. The van der Waals surface area contributed by atoms with Crippen molar-refractivity contribution in [3.8, 4) is 5.75 Å². The quantitative estimate of drug-likeness (QED) is 0.715. The summed E-state index contributed by atoms with van der Waals surface area (Å²) in [5.41, 5.74) is 3.57. The molecule has 4 rings (SSSR count). The Balaban J connectivity index is 1.44. The van der Waals surface area contributed by atoms with Gasteiger partial charge in [0, 0.05) is 42.0 Å². The third-order valence-electron chi connectivity index (χ3n) is 5.10. The second-order valence-electron chi connectivity index (χ2n) is 6.81. The first-order valence-corrected chi connectivity index (χ1v) is 9.20. The summed E-state index contributed by atoms with van der Waals surface area (Å²) in [6.07, 6.45) is 8.07. The molecule has 1 atom stereocenters. The van der Waals surface area contributed by atoms with Gasteiger partial charge in [-0.05, 0) is 55.5 Å². The van der Waals surface area contributed by atoms with Crippen LogP contribution in [0.3, 0.4) is 0 Å². The lowest BCUT2D eigenvalue weighted by molar-refractivity contribution is -0.122. The SMILES string of the molecule is COc1ccc2[nH]c3c(c2c1)CCC[C@H]3NC(=O)CCCn1cccn1. The molecule has 0 aliphatic heterocycles. The first-order chi connectivity index (χ1) is 12.7. The lowest BCUT2D eigenvalue weighted by Crippen LogP contribution is -2.31. The highest BCUT2D eigenvalue weighted by atomic mass is 16.5. The van der Waals surface area contributed by atoms with Gasteiger partial charge in [-0.2, -0.15) is 5.10 Å². The van der Waals surface area contributed by atoms with Gasteiger partial charge in [0.25, 0.3) is 0 Å². The maximum Gasteiger partial charge on any atom is 0.220 e. The Morgan fingerprint density at radius 1 is 1.46 bits per heavy atom. The third-order valence-corrected chi connectivity index (χ3v) is 5.10. The first kappa shape index (κ1) is 16.7. The van der Waals surface area contributed by atoms with Crippen LogP contribution in [0.25, 0.3) is 10.9 Å². The van der Waals surface area contributed by atoms with E-state index in [9.17, 15) is 4.79 Å². The van der Waals surface area contributed by atoms with Crippen LogP contribution < -0.4 is 10.1 Å². The molecule has 0 fully saturated rings. The summed E-state index contributed by atoms with van der Waals surface area (Å²) in [5, 5.41) is 8.59. The lowest BCUT2D eigenvalue weighted by atomic mass is 9.91. The van der Waals surface area contributed by atoms with E-state index in [1.165, 1.54) is 10.9 Å². The number of hydrogen-bond acceptors (Lipinski definition) is 3. The fourth-order valence-corrected chi connectivity index (χ4v) is 3.81. The van der Waals surface area contributed by atoms with Gasteiger partial charge < -0.3 is 15.0 Å². The predicted molar refractivity (Wildman–Crippen MR) is 100 cm³/mol. The number of ether oxygens (including phenoxy) is 1. The highest BCUT2D eigenvalue weighted by Gasteiger charge is 2.25. The molecule has 0 bridgehead atoms. The van der Waals surface area contributed by atoms with Crippen molar-refractivity contribution in [1.82, 2.24) is 20.1 Å². The van der Waals surface area contributed by atoms with Crippen LogP contribution in [0.15, 0.2) is 36.7 Å². The van der Waals surface area contributed by atoms with Crippen molar-refractivity contribution in [3.05, 3.63) is 47.9 Å². The molecule has 1 aliphatic carbocycles. The monoisotopic (exact) mass is 352 g/mol. The number of methoxy groups -OCH3 is 1. The maximum atomic E-state index is 12.4. The molecule has 136 valence electrons. The van der Waals surface area contributed by atoms with Crippen LogP contribution >= 0.6 is 0 Å². The molecule has 2 aromatic heterocycles. The Morgan fingerprint density at radius 2 is 2.38 bits per heavy atom. The molecule has 2 N–H and O–H groups in total. The number of aryl methyl sites for hydroxylation is 2. The summed E-state index contributed by atoms with van der Waals surface area (Å²) < 4.78 is 7.22. The Hall–Kier alpha value is -2.76. The van der Waals surface area contributed by atoms with Gasteiger partial charge in [-0.3, -0.25) is 9.48 Å². The minimum absolute atomic E-state index is 0.0642. The minimum atomic E-state index is 0.0642. The topological polar surface area (TPSA) is 71.9 Å². The first-order valence-electron chi connectivity index (χ1n) is 9.20. The van der Waals surface area contributed by atoms with Crippen LogP contribution in [-0.4, -0.2) is 27.8 Å². The van der Waals surface area contributed by atoms with E-state index in [1.807, 2.05) is 23.0 Å². The highest BCUT2D eigenvalue weighted by Crippen LogP contribution is 2.36. The molecule has 6 heteroatoms. The number of aromatic amines is 1. The summed E-state index contributed by atoms with van der Waals surface area (Å²) in [6, 6.07) is 8.06. The number of fused-ring (bicyclic) bond motifs is 3. The van der Waals surface area contributed by atoms with Crippen LogP contribution in [-0.2, 0) is 17.8 Å². The van der Waals surface area contributed by atoms with Gasteiger partial charge in [0.2, 0.25) is 5.91 Å². The van der Waals surface area contributed by atoms with Crippen LogP contribution in [0.2, 0.25) is 0 Å². The van der Waals surface area contributed by atoms with Crippen LogP contribution in [0.5, 0.6) is 5.75 Å². The van der Waals surface area contributed by atoms with Crippen molar-refractivity contribution >= 4 is 16.8 Å². The minimum Gasteiger partial charge on any atom is -0.497 e. The molecule has 0 radical (unpaired) electrons. The molecular formula is C20H24N4O2. The molecule has 1 aliphatic rings. The Bertz CT molecular complexity index is 898. The fraction of sp³-hybridized carbons (Fsp3) is 0.400. The zero-order valence-corrected chi connectivity index (χ0v) is 15.0. The number of rotatable bonds is 6. The summed E-state index contributed by atoms with van der Waals surface area (Å²) in [5.74, 6) is 0.968. The van der Waals surface area contributed by atoms with Crippen molar-refractivity contribution in [2.45, 2.75) is 44.7 Å². The van der Waals surface area contributed by atoms with E-state index in [1.54, 1.807) is 13.3 Å². The van der Waals surface area contributed by atoms with Gasteiger partial charge in [0.15, 0.2) is 0 Å². The van der Waals surface area contributed by atoms with Crippen molar-refractivity contribution in [1.29, 1.82) is 0 Å². The van der Waals surface area contributed by atoms with Gasteiger partial charge in [-0.25, -0.2) is 0 Å². The smallest absolute Gasteiger partial charge is 0.220 e. The molecule has 0 saturated heterocycles. The van der Waals surface area contributed by atoms with Crippen LogP contribution in [0.1, 0.15) is 43.0 Å². The Morgan fingerprint density at radius 3 is 3.19 bits per heavy atom. The molecular weight excluding hydrogens is 328 g/mol. The molecule has 1 aromatic carbocycles. The number of nitrogens with one attached hydrogen (secondary N) is 2. The van der Waals surface area contributed by atoms with Gasteiger partial charge in [-0.1, -0.05) is 0 Å². The van der Waals surface area contributed by atoms with E-state index in [0.717, 1.165) is 49.2 Å². The summed E-state index contributed by atoms with van der Waals surface area (Å²) >= 11 is 0. The molecule has 2 heterocycles. The second kappa shape index (κ2) is 7.23. The number of carbonyl (C=O) groups excluding carboxylic acids is 1. The van der Waals surface area contributed by atoms with Gasteiger partial charge in [0.1, 0.15) is 5.75 Å². The molecule has 26 heavy (non-hydrogen) atoms. The Labute approximate surface area is 152 Å². The van der Waals surface area contributed by atoms with E-state index in [2.05, 4.69) is 27.5 Å². The van der Waals surface area contributed by atoms with Crippen molar-refractivity contribution in [2.24, 2.45) is 0 Å². The van der Waals surface area contributed by atoms with E-state index in [4.69, 9.17) is 4.74 Å². The van der Waals surface area contributed by atoms with E-state index < -0.39 is 0 Å². The van der Waals surface area contributed by atoms with Crippen molar-refractivity contribution in [2.75, 3.05) is 7.11 Å². The van der Waals surface area contributed by atoms with E-state index in [0.29, 0.717) is 6.42 Å². The number of H-pyrrole nitrogens is 1. The van der Waals surface area contributed by atoms with Gasteiger partial charge >= 0.3 is 0 Å². The third kappa shape index (κ3) is 3.31. The largest absolute Gasteiger partial charge is 0.497 e. The summed E-state index contributed by atoms with van der Waals surface area (Å²) in [6.45, 7) is 0.766. The lowest BCUT2D eigenvalue weighted by Gasteiger charge is -2.24. The van der Waals surface area contributed by atoms with Crippen LogP contribution in [0, 0.1) is 0 Å². The number of benzene rings is 1. The molecule has 0 spiro atoms. The fourth-order valence-electron chi connectivity index (χ4n) is 3.81. The average Bonchev–Trinajstić information content (AvgIpc) is 3.29. The summed E-state index contributed by atoms with van der Waals surface area (Å²) in [7, 11) is 1.69. The zero-order valence-electron chi connectivity index (χ0n) is 15.0. The van der Waals surface area contributed by atoms with E-state index >= 15 is 0 Å². The van der Waals surface area contributed by atoms with E-state index in [-0.39, 0.29) is 11.9 Å². The number of amides is 1. The number of hydrogen-bond donors (Lipinski definition) is 2. The van der Waals surface area contributed by atoms with Gasteiger partial charge in [-0.15, -0.1) is 0 Å². The van der Waals surface area contributed by atoms with Gasteiger partial charge in [0.05, 0.1) is 13.2 Å². The predicted octanol–water partition coefficient (Wildman–Crippen LogP) is 3.35. The average molecular weight is 352 g/mol. The molecule has 3 aromatic rings. The summed E-state index contributed by atoms with van der Waals surface area (Å²) in [4.78, 5) is 15.9. The standard InChI is InChI=1S/C20H24N4O2/c1-26-14-8-9-17-16(13-14)15-5-2-6-18(20(15)23-17)22-19(25)7-3-11-24-12-4-10-21-24/h4,8-10,12-13,18,23H,2-3,5-7,11H2,1H3,(H,22,25)/t18-/m1/s1. The second-order valence-corrected chi connectivity index (χ2v) is 6.81. The van der Waals surface area contributed by atoms with Crippen LogP contribution in [0.4, 0.5) is 0 Å². The number of nitrogens with zero attached hydrogens (tertiary/aromatic N) is 2. The molecule has 6 nitrogen and oxygen atoms in total.